The van der Waals surface area contributed by atoms with E-state index in [1.54, 1.807) is 0 Å². The molecule has 0 radical (unpaired) electrons. The van der Waals surface area contributed by atoms with Crippen LogP contribution in [0, 0.1) is 21.7 Å². The topological polar surface area (TPSA) is 141 Å². The van der Waals surface area contributed by atoms with Crippen LogP contribution in [0.3, 0.4) is 0 Å². The molecule has 0 atom stereocenters. The lowest BCUT2D eigenvalue weighted by atomic mass is 10.1. The van der Waals surface area contributed by atoms with E-state index >= 15 is 0 Å². The second kappa shape index (κ2) is 6.55. The van der Waals surface area contributed by atoms with Crippen molar-refractivity contribution in [3.8, 4) is 0 Å². The van der Waals surface area contributed by atoms with E-state index in [0.29, 0.717) is 6.07 Å². The third-order valence-corrected chi connectivity index (χ3v) is 2.54. The fraction of sp³-hybridized carbons (Fsp3) is 0.0909. The zero-order chi connectivity index (χ0) is 17.0. The number of hydrogen-bond donors (Lipinski definition) is 2. The van der Waals surface area contributed by atoms with Crippen LogP contribution in [0.25, 0.3) is 0 Å². The monoisotopic (exact) mass is 325 g/mol. The molecule has 0 bridgehead atoms. The van der Waals surface area contributed by atoms with Crippen LogP contribution in [0.5, 0.6) is 0 Å². The molecule has 3 N–H and O–H groups in total. The molecule has 10 nitrogen and oxygen atoms in total. The van der Waals surface area contributed by atoms with Crippen molar-refractivity contribution in [2.75, 3.05) is 0 Å². The van der Waals surface area contributed by atoms with Gasteiger partial charge in [-0.3, -0.25) is 0 Å². The Morgan fingerprint density at radius 3 is 2.78 bits per heavy atom. The summed E-state index contributed by atoms with van der Waals surface area (Å²) in [6.45, 7) is -0.274. The Balaban J connectivity index is 2.35. The Kier molecular flexibility index (Phi) is 4.54. The molecule has 12 heteroatoms. The van der Waals surface area contributed by atoms with Gasteiger partial charge in [0, 0.05) is 16.7 Å². The normalized spacial score (nSPS) is 11.3. The van der Waals surface area contributed by atoms with Crippen molar-refractivity contribution in [1.29, 1.82) is 0 Å². The molecule has 0 aliphatic rings. The average Bonchev–Trinajstić information content (AvgIpc) is 2.92. The summed E-state index contributed by atoms with van der Waals surface area (Å²) >= 11 is 0. The molecule has 0 aliphatic carbocycles. The molecule has 0 saturated carbocycles. The van der Waals surface area contributed by atoms with Gasteiger partial charge in [0.15, 0.2) is 0 Å². The lowest BCUT2D eigenvalue weighted by molar-refractivity contribution is -0.394. The van der Waals surface area contributed by atoms with Gasteiger partial charge in [-0.05, 0) is 17.1 Å². The van der Waals surface area contributed by atoms with E-state index < -0.39 is 28.5 Å². The number of carbonyl (C=O) groups is 1. The van der Waals surface area contributed by atoms with Crippen LogP contribution in [0.2, 0.25) is 0 Å². The summed E-state index contributed by atoms with van der Waals surface area (Å²) in [5.41, 5.74) is 6.55. The maximum absolute atomic E-state index is 13.8. The summed E-state index contributed by atoms with van der Waals surface area (Å²) < 4.78 is 27.8. The number of benzene rings is 1. The molecule has 2 aromatic rings. The van der Waals surface area contributed by atoms with Crippen LogP contribution in [-0.2, 0) is 6.54 Å². The van der Waals surface area contributed by atoms with Gasteiger partial charge in [0.2, 0.25) is 6.33 Å². The zero-order valence-electron chi connectivity index (χ0n) is 11.3. The van der Waals surface area contributed by atoms with E-state index in [-0.39, 0.29) is 17.8 Å². The highest BCUT2D eigenvalue weighted by atomic mass is 19.1. The Hall–Kier alpha value is -3.44. The van der Waals surface area contributed by atoms with Crippen molar-refractivity contribution in [3.63, 3.8) is 0 Å². The highest BCUT2D eigenvalue weighted by molar-refractivity contribution is 6.01. The minimum Gasteiger partial charge on any atom is -0.390 e. The number of rotatable bonds is 5. The summed E-state index contributed by atoms with van der Waals surface area (Å²) in [4.78, 5) is 23.9. The quantitative estimate of drug-likeness (QED) is 0.468. The zero-order valence-corrected chi connectivity index (χ0v) is 11.3. The SMILES string of the molecule is NC(=O)NN=C(Cn1cnc([N+](=O)[O-])n1)c1ccc(F)cc1F. The summed E-state index contributed by atoms with van der Waals surface area (Å²) in [5, 5.41) is 17.7. The number of nitrogens with two attached hydrogens (primary N) is 1. The number of hydrogen-bond acceptors (Lipinski definition) is 6. The highest BCUT2D eigenvalue weighted by Gasteiger charge is 2.18. The van der Waals surface area contributed by atoms with E-state index in [0.717, 1.165) is 23.1 Å². The van der Waals surface area contributed by atoms with Crippen molar-refractivity contribution < 1.29 is 18.5 Å². The van der Waals surface area contributed by atoms with Crippen LogP contribution < -0.4 is 11.2 Å². The predicted octanol–water partition coefficient (Wildman–Crippen LogP) is 0.537. The van der Waals surface area contributed by atoms with Gasteiger partial charge in [-0.2, -0.15) is 9.78 Å². The first-order chi connectivity index (χ1) is 10.9. The van der Waals surface area contributed by atoms with Crippen molar-refractivity contribution in [3.05, 3.63) is 51.8 Å². The van der Waals surface area contributed by atoms with E-state index in [1.807, 2.05) is 5.43 Å². The molecule has 1 aromatic heterocycles. The molecule has 0 unspecified atom stereocenters. The number of halogens is 2. The number of primary amides is 1. The molecule has 0 saturated heterocycles. The minimum atomic E-state index is -1.01. The Bertz CT molecular complexity index is 790. The predicted molar refractivity (Wildman–Crippen MR) is 72.3 cm³/mol. The molecule has 120 valence electrons. The Morgan fingerprint density at radius 2 is 2.22 bits per heavy atom. The fourth-order valence-electron chi connectivity index (χ4n) is 1.62. The van der Waals surface area contributed by atoms with Crippen LogP contribution in [-0.4, -0.2) is 31.4 Å². The summed E-state index contributed by atoms with van der Waals surface area (Å²) in [6.07, 6.45) is 1.03. The first-order valence-electron chi connectivity index (χ1n) is 5.98. The summed E-state index contributed by atoms with van der Waals surface area (Å²) in [7, 11) is 0. The second-order valence-corrected chi connectivity index (χ2v) is 4.16. The fourth-order valence-corrected chi connectivity index (χ4v) is 1.62. The Morgan fingerprint density at radius 1 is 1.48 bits per heavy atom. The van der Waals surface area contributed by atoms with Crippen LogP contribution in [0.15, 0.2) is 29.6 Å². The van der Waals surface area contributed by atoms with Crippen molar-refractivity contribution in [2.45, 2.75) is 6.54 Å². The molecule has 23 heavy (non-hydrogen) atoms. The molecule has 2 rings (SSSR count). The molecule has 2 amide bonds. The lowest BCUT2D eigenvalue weighted by Gasteiger charge is -2.06. The van der Waals surface area contributed by atoms with E-state index in [9.17, 15) is 23.7 Å². The van der Waals surface area contributed by atoms with E-state index in [2.05, 4.69) is 15.2 Å². The van der Waals surface area contributed by atoms with Crippen molar-refractivity contribution in [2.24, 2.45) is 10.8 Å². The number of aromatic nitrogens is 3. The maximum Gasteiger partial charge on any atom is 0.490 e. The molecule has 1 heterocycles. The second-order valence-electron chi connectivity index (χ2n) is 4.16. The molecule has 0 aliphatic heterocycles. The smallest absolute Gasteiger partial charge is 0.390 e. The van der Waals surface area contributed by atoms with Crippen molar-refractivity contribution in [1.82, 2.24) is 20.2 Å². The first kappa shape index (κ1) is 15.9. The summed E-state index contributed by atoms with van der Waals surface area (Å²) in [6, 6.07) is 1.70. The van der Waals surface area contributed by atoms with E-state index in [1.165, 1.54) is 0 Å². The van der Waals surface area contributed by atoms with Crippen LogP contribution in [0.1, 0.15) is 5.56 Å². The van der Waals surface area contributed by atoms with Gasteiger partial charge in [-0.1, -0.05) is 4.98 Å². The van der Waals surface area contributed by atoms with Gasteiger partial charge >= 0.3 is 12.0 Å². The van der Waals surface area contributed by atoms with Gasteiger partial charge in [-0.15, -0.1) is 0 Å². The van der Waals surface area contributed by atoms with Crippen molar-refractivity contribution >= 4 is 17.7 Å². The molecule has 1 aromatic carbocycles. The first-order valence-corrected chi connectivity index (χ1v) is 5.98. The van der Waals surface area contributed by atoms with E-state index in [4.69, 9.17) is 5.73 Å². The highest BCUT2D eigenvalue weighted by Crippen LogP contribution is 2.12. The third-order valence-electron chi connectivity index (χ3n) is 2.54. The number of amides is 2. The standard InChI is InChI=1S/C11H9F2N7O3/c12-6-1-2-7(8(13)3-6)9(16-17-10(14)21)4-19-5-15-11(18-19)20(22)23/h1-3,5H,4H2,(H3,14,17,21). The Labute approximate surface area is 126 Å². The van der Waals surface area contributed by atoms with Gasteiger partial charge in [0.05, 0.1) is 5.71 Å². The number of carbonyl (C=O) groups excluding carboxylic acids is 1. The number of hydrazone groups is 1. The van der Waals surface area contributed by atoms with Gasteiger partial charge in [0.1, 0.15) is 18.2 Å². The molecule has 0 spiro atoms. The molecular formula is C11H9F2N7O3. The van der Waals surface area contributed by atoms with Gasteiger partial charge in [-0.25, -0.2) is 19.0 Å². The number of nitrogens with zero attached hydrogens (tertiary/aromatic N) is 5. The van der Waals surface area contributed by atoms with Gasteiger partial charge < -0.3 is 15.8 Å². The van der Waals surface area contributed by atoms with Gasteiger partial charge in [0.25, 0.3) is 0 Å². The summed E-state index contributed by atoms with van der Waals surface area (Å²) in [5.74, 6) is -2.40. The lowest BCUT2D eigenvalue weighted by Crippen LogP contribution is -2.27. The van der Waals surface area contributed by atoms with Crippen LogP contribution >= 0.6 is 0 Å². The minimum absolute atomic E-state index is 0.0962. The number of nitro groups is 1. The molecule has 0 fully saturated rings. The average molecular weight is 325 g/mol. The third kappa shape index (κ3) is 4.03. The van der Waals surface area contributed by atoms with Crippen LogP contribution in [0.4, 0.5) is 19.5 Å². The number of nitrogens with one attached hydrogen (secondary N) is 1. The largest absolute Gasteiger partial charge is 0.490 e. The number of urea groups is 1. The maximum atomic E-state index is 13.8. The molecular weight excluding hydrogens is 316 g/mol.